The molecule has 1 aromatic carbocycles. The molecule has 0 heterocycles. The maximum absolute atomic E-state index is 11.8. The molecule has 172 valence electrons. The summed E-state index contributed by atoms with van der Waals surface area (Å²) in [5.74, 6) is 0.125. The van der Waals surface area contributed by atoms with Crippen LogP contribution >= 0.6 is 0 Å². The lowest BCUT2D eigenvalue weighted by Crippen LogP contribution is -2.25. The molecule has 32 heavy (non-hydrogen) atoms. The Morgan fingerprint density at radius 3 is 1.66 bits per heavy atom. The van der Waals surface area contributed by atoms with Crippen LogP contribution in [0.2, 0.25) is 0 Å². The molecule has 0 atom stereocenters. The first-order valence-electron chi connectivity index (χ1n) is 12.0. The molecule has 0 fully saturated rings. The third-order valence-corrected chi connectivity index (χ3v) is 4.71. The molecule has 1 rings (SSSR count). The van der Waals surface area contributed by atoms with Crippen LogP contribution in [0.1, 0.15) is 63.9 Å². The van der Waals surface area contributed by atoms with Crippen molar-refractivity contribution in [1.82, 2.24) is 5.32 Å². The van der Waals surface area contributed by atoms with Crippen LogP contribution in [0.4, 0.5) is 0 Å². The van der Waals surface area contributed by atoms with Crippen molar-refractivity contribution in [1.29, 1.82) is 0 Å². The summed E-state index contributed by atoms with van der Waals surface area (Å²) in [6.45, 7) is 2.86. The molecule has 0 unspecified atom stereocenters. The van der Waals surface area contributed by atoms with Crippen molar-refractivity contribution < 1.29 is 4.79 Å². The molecular formula is C30H41NO. The monoisotopic (exact) mass is 431 g/mol. The molecule has 0 saturated heterocycles. The van der Waals surface area contributed by atoms with E-state index in [1.807, 2.05) is 18.2 Å². The van der Waals surface area contributed by atoms with Crippen molar-refractivity contribution in [2.24, 2.45) is 0 Å². The minimum absolute atomic E-state index is 0.125. The summed E-state index contributed by atoms with van der Waals surface area (Å²) in [7, 11) is 0. The van der Waals surface area contributed by atoms with E-state index in [0.717, 1.165) is 51.4 Å². The van der Waals surface area contributed by atoms with Gasteiger partial charge in [-0.25, -0.2) is 0 Å². The van der Waals surface area contributed by atoms with Crippen molar-refractivity contribution in [2.45, 2.75) is 64.7 Å². The van der Waals surface area contributed by atoms with Gasteiger partial charge in [0, 0.05) is 13.0 Å². The Balaban J connectivity index is 1.95. The van der Waals surface area contributed by atoms with Gasteiger partial charge in [-0.2, -0.15) is 0 Å². The summed E-state index contributed by atoms with van der Waals surface area (Å²) in [4.78, 5) is 11.8. The second-order valence-electron chi connectivity index (χ2n) is 7.54. The van der Waals surface area contributed by atoms with E-state index < -0.39 is 0 Å². The quantitative estimate of drug-likeness (QED) is 0.250. The summed E-state index contributed by atoms with van der Waals surface area (Å²) in [6.07, 6.45) is 34.5. The number of allylic oxidation sites excluding steroid dienone is 12. The lowest BCUT2D eigenvalue weighted by molar-refractivity contribution is -0.120. The van der Waals surface area contributed by atoms with E-state index >= 15 is 0 Å². The topological polar surface area (TPSA) is 29.1 Å². The predicted octanol–water partition coefficient (Wildman–Crippen LogP) is 7.82. The van der Waals surface area contributed by atoms with E-state index in [1.165, 1.54) is 5.56 Å². The predicted molar refractivity (Wildman–Crippen MR) is 141 cm³/mol. The molecule has 0 saturated carbocycles. The van der Waals surface area contributed by atoms with Gasteiger partial charge in [-0.1, -0.05) is 110 Å². The maximum Gasteiger partial charge on any atom is 0.220 e. The summed E-state index contributed by atoms with van der Waals surface area (Å²) in [5.41, 5.74) is 1.25. The fourth-order valence-electron chi connectivity index (χ4n) is 2.93. The van der Waals surface area contributed by atoms with Gasteiger partial charge in [-0.3, -0.25) is 4.79 Å². The Hall–Kier alpha value is -2.87. The minimum Gasteiger partial charge on any atom is -0.356 e. The average molecular weight is 432 g/mol. The van der Waals surface area contributed by atoms with Crippen LogP contribution in [0, 0.1) is 0 Å². The summed E-state index contributed by atoms with van der Waals surface area (Å²) in [5, 5.41) is 2.99. The van der Waals surface area contributed by atoms with Gasteiger partial charge < -0.3 is 5.32 Å². The first kappa shape index (κ1) is 27.2. The van der Waals surface area contributed by atoms with Gasteiger partial charge in [0.1, 0.15) is 0 Å². The minimum atomic E-state index is 0.125. The van der Waals surface area contributed by atoms with Crippen molar-refractivity contribution in [3.8, 4) is 0 Å². The molecule has 0 aromatic heterocycles. The van der Waals surface area contributed by atoms with Gasteiger partial charge in [0.2, 0.25) is 5.91 Å². The summed E-state index contributed by atoms with van der Waals surface area (Å²) in [6, 6.07) is 10.2. The highest BCUT2D eigenvalue weighted by Gasteiger charge is 1.98. The zero-order valence-corrected chi connectivity index (χ0v) is 19.8. The molecule has 0 aliphatic heterocycles. The zero-order valence-electron chi connectivity index (χ0n) is 19.8. The smallest absolute Gasteiger partial charge is 0.220 e. The first-order chi connectivity index (χ1) is 15.8. The first-order valence-corrected chi connectivity index (χ1v) is 12.0. The lowest BCUT2D eigenvalue weighted by atomic mass is 10.1. The van der Waals surface area contributed by atoms with Crippen LogP contribution < -0.4 is 5.32 Å². The van der Waals surface area contributed by atoms with Crippen LogP contribution in [0.25, 0.3) is 0 Å². The standard InChI is InChI=1S/C30H41NO/c1-2-3-4-5-6-7-8-9-10-11-12-13-14-15-16-17-18-19-23-26-30(32)31-28-27-29-24-21-20-22-25-29/h3-4,6-7,9-10,12-13,15-16,18-22,24-25H,2,5,8,11,14,17,23,26-28H2,1H3,(H,31,32). The highest BCUT2D eigenvalue weighted by Crippen LogP contribution is 2.00. The largest absolute Gasteiger partial charge is 0.356 e. The molecule has 1 amide bonds. The number of nitrogens with one attached hydrogen (secondary N) is 1. The zero-order chi connectivity index (χ0) is 23.0. The van der Waals surface area contributed by atoms with E-state index in [1.54, 1.807) is 0 Å². The van der Waals surface area contributed by atoms with Gasteiger partial charge in [0.25, 0.3) is 0 Å². The molecule has 0 radical (unpaired) electrons. The Bertz CT molecular complexity index is 750. The van der Waals surface area contributed by atoms with Gasteiger partial charge in [-0.05, 0) is 56.9 Å². The molecular weight excluding hydrogens is 390 g/mol. The van der Waals surface area contributed by atoms with Gasteiger partial charge in [0.15, 0.2) is 0 Å². The van der Waals surface area contributed by atoms with Gasteiger partial charge >= 0.3 is 0 Å². The number of hydrogen-bond acceptors (Lipinski definition) is 1. The Labute approximate surface area is 196 Å². The number of amides is 1. The van der Waals surface area contributed by atoms with Gasteiger partial charge in [-0.15, -0.1) is 0 Å². The molecule has 0 aliphatic rings. The number of hydrogen-bond donors (Lipinski definition) is 1. The summed E-state index contributed by atoms with van der Waals surface area (Å²) < 4.78 is 0. The van der Waals surface area contributed by atoms with Crippen molar-refractivity contribution in [2.75, 3.05) is 6.54 Å². The van der Waals surface area contributed by atoms with Crippen LogP contribution in [0.3, 0.4) is 0 Å². The normalized spacial score (nSPS) is 12.5. The third-order valence-electron chi connectivity index (χ3n) is 4.71. The fraction of sp³-hybridized carbons (Fsp3) is 0.367. The van der Waals surface area contributed by atoms with Crippen molar-refractivity contribution in [3.05, 3.63) is 109 Å². The van der Waals surface area contributed by atoms with E-state index in [4.69, 9.17) is 0 Å². The molecule has 1 N–H and O–H groups in total. The molecule has 0 bridgehead atoms. The van der Waals surface area contributed by atoms with Crippen LogP contribution in [-0.4, -0.2) is 12.5 Å². The summed E-state index contributed by atoms with van der Waals surface area (Å²) >= 11 is 0. The lowest BCUT2D eigenvalue weighted by Gasteiger charge is -2.04. The van der Waals surface area contributed by atoms with E-state index in [-0.39, 0.29) is 5.91 Å². The van der Waals surface area contributed by atoms with Crippen LogP contribution in [-0.2, 0) is 11.2 Å². The third kappa shape index (κ3) is 17.9. The van der Waals surface area contributed by atoms with E-state index in [0.29, 0.717) is 13.0 Å². The SMILES string of the molecule is CCC=CCC=CCC=CCC=CCC=CCC=CCCC(=O)NCCc1ccccc1. The van der Waals surface area contributed by atoms with Crippen LogP contribution in [0.5, 0.6) is 0 Å². The van der Waals surface area contributed by atoms with Crippen LogP contribution in [0.15, 0.2) is 103 Å². The second-order valence-corrected chi connectivity index (χ2v) is 7.54. The number of carbonyl (C=O) groups excluding carboxylic acids is 1. The Kier molecular flexibility index (Phi) is 18.1. The van der Waals surface area contributed by atoms with Gasteiger partial charge in [0.05, 0.1) is 0 Å². The number of carbonyl (C=O) groups is 1. The number of benzene rings is 1. The maximum atomic E-state index is 11.8. The molecule has 2 heteroatoms. The highest BCUT2D eigenvalue weighted by molar-refractivity contribution is 5.75. The fourth-order valence-corrected chi connectivity index (χ4v) is 2.93. The molecule has 2 nitrogen and oxygen atoms in total. The van der Waals surface area contributed by atoms with E-state index in [2.05, 4.69) is 97.3 Å². The molecule has 0 spiro atoms. The Morgan fingerprint density at radius 1 is 0.688 bits per heavy atom. The highest BCUT2D eigenvalue weighted by atomic mass is 16.1. The Morgan fingerprint density at radius 2 is 1.16 bits per heavy atom. The molecule has 0 aliphatic carbocycles. The average Bonchev–Trinajstić information content (AvgIpc) is 2.81. The number of rotatable bonds is 17. The van der Waals surface area contributed by atoms with Crippen molar-refractivity contribution >= 4 is 5.91 Å². The van der Waals surface area contributed by atoms with Crippen molar-refractivity contribution in [3.63, 3.8) is 0 Å². The van der Waals surface area contributed by atoms with E-state index in [9.17, 15) is 4.79 Å². The molecule has 1 aromatic rings. The second kappa shape index (κ2) is 21.4.